The first-order valence-electron chi connectivity index (χ1n) is 10.7. The summed E-state index contributed by atoms with van der Waals surface area (Å²) in [6, 6.07) is 8.65. The monoisotopic (exact) mass is 401 g/mol. The van der Waals surface area contributed by atoms with Crippen LogP contribution in [0, 0.1) is 6.92 Å². The SMILES string of the molecule is Cc1cccc(N2CCN(C(=NCC(=O)N(C)C)NCC3CCCCO3)CC2)c1. The number of nitrogens with one attached hydrogen (secondary N) is 1. The highest BCUT2D eigenvalue weighted by Gasteiger charge is 2.22. The van der Waals surface area contributed by atoms with Gasteiger partial charge in [-0.25, -0.2) is 4.99 Å². The third-order valence-electron chi connectivity index (χ3n) is 5.57. The molecule has 29 heavy (non-hydrogen) atoms. The molecule has 2 fully saturated rings. The van der Waals surface area contributed by atoms with Crippen LogP contribution in [-0.4, -0.2) is 87.7 Å². The zero-order valence-corrected chi connectivity index (χ0v) is 18.1. The first-order valence-corrected chi connectivity index (χ1v) is 10.7. The van der Waals surface area contributed by atoms with Crippen molar-refractivity contribution in [2.45, 2.75) is 32.3 Å². The molecule has 1 aromatic rings. The Labute approximate surface area is 174 Å². The molecule has 0 aliphatic carbocycles. The number of rotatable bonds is 5. The van der Waals surface area contributed by atoms with Crippen LogP contribution in [-0.2, 0) is 9.53 Å². The standard InChI is InChI=1S/C22H35N5O2/c1-18-7-6-8-19(15-18)26-10-12-27(13-11-26)22(24-17-21(28)25(2)3)23-16-20-9-4-5-14-29-20/h6-8,15,20H,4-5,9-14,16-17H2,1-3H3,(H,23,24). The normalized spacial score (nSPS) is 20.5. The van der Waals surface area contributed by atoms with Gasteiger partial charge in [-0.1, -0.05) is 12.1 Å². The molecule has 1 atom stereocenters. The first-order chi connectivity index (χ1) is 14.0. The predicted octanol–water partition coefficient (Wildman–Crippen LogP) is 1.72. The van der Waals surface area contributed by atoms with Gasteiger partial charge >= 0.3 is 0 Å². The minimum Gasteiger partial charge on any atom is -0.376 e. The summed E-state index contributed by atoms with van der Waals surface area (Å²) in [6.07, 6.45) is 3.67. The Morgan fingerprint density at radius 1 is 1.24 bits per heavy atom. The van der Waals surface area contributed by atoms with Crippen molar-refractivity contribution in [2.24, 2.45) is 4.99 Å². The lowest BCUT2D eigenvalue weighted by Gasteiger charge is -2.38. The zero-order valence-electron chi connectivity index (χ0n) is 18.1. The van der Waals surface area contributed by atoms with E-state index in [4.69, 9.17) is 4.74 Å². The van der Waals surface area contributed by atoms with E-state index in [2.05, 4.69) is 51.3 Å². The van der Waals surface area contributed by atoms with E-state index < -0.39 is 0 Å². The number of guanidine groups is 1. The van der Waals surface area contributed by atoms with Crippen molar-refractivity contribution in [2.75, 3.05) is 64.9 Å². The molecule has 3 rings (SSSR count). The maximum atomic E-state index is 12.0. The lowest BCUT2D eigenvalue weighted by Crippen LogP contribution is -2.54. The molecule has 1 N–H and O–H groups in total. The minimum atomic E-state index is 0.0108. The summed E-state index contributed by atoms with van der Waals surface area (Å²) in [5.74, 6) is 0.829. The molecular weight excluding hydrogens is 366 g/mol. The number of hydrogen-bond donors (Lipinski definition) is 1. The van der Waals surface area contributed by atoms with Crippen molar-refractivity contribution in [1.82, 2.24) is 15.1 Å². The second kappa shape index (κ2) is 10.5. The third kappa shape index (κ3) is 6.35. The molecule has 1 aromatic carbocycles. The summed E-state index contributed by atoms with van der Waals surface area (Å²) < 4.78 is 5.85. The molecule has 0 spiro atoms. The van der Waals surface area contributed by atoms with Gasteiger partial charge in [-0.2, -0.15) is 0 Å². The van der Waals surface area contributed by atoms with Gasteiger partial charge in [0.25, 0.3) is 0 Å². The number of carbonyl (C=O) groups is 1. The van der Waals surface area contributed by atoms with E-state index in [1.807, 2.05) is 0 Å². The van der Waals surface area contributed by atoms with Crippen molar-refractivity contribution in [1.29, 1.82) is 0 Å². The van der Waals surface area contributed by atoms with Gasteiger partial charge in [-0.05, 0) is 43.9 Å². The molecule has 0 radical (unpaired) electrons. The molecule has 160 valence electrons. The Hall–Kier alpha value is -2.28. The highest BCUT2D eigenvalue weighted by molar-refractivity contribution is 5.85. The van der Waals surface area contributed by atoms with Crippen LogP contribution < -0.4 is 10.2 Å². The fraction of sp³-hybridized carbons (Fsp3) is 0.636. The number of amides is 1. The average molecular weight is 402 g/mol. The van der Waals surface area contributed by atoms with Crippen molar-refractivity contribution < 1.29 is 9.53 Å². The number of nitrogens with zero attached hydrogens (tertiary/aromatic N) is 4. The second-order valence-corrected chi connectivity index (χ2v) is 8.11. The van der Waals surface area contributed by atoms with Crippen molar-refractivity contribution >= 4 is 17.6 Å². The van der Waals surface area contributed by atoms with E-state index in [-0.39, 0.29) is 18.6 Å². The smallest absolute Gasteiger partial charge is 0.243 e. The summed E-state index contributed by atoms with van der Waals surface area (Å²) in [5, 5.41) is 3.48. The fourth-order valence-electron chi connectivity index (χ4n) is 3.73. The fourth-order valence-corrected chi connectivity index (χ4v) is 3.73. The first kappa shape index (κ1) is 21.4. The van der Waals surface area contributed by atoms with Crippen LogP contribution in [0.15, 0.2) is 29.3 Å². The zero-order chi connectivity index (χ0) is 20.6. The molecule has 2 saturated heterocycles. The third-order valence-corrected chi connectivity index (χ3v) is 5.57. The van der Waals surface area contributed by atoms with E-state index in [0.717, 1.165) is 58.1 Å². The number of benzene rings is 1. The van der Waals surface area contributed by atoms with E-state index in [9.17, 15) is 4.79 Å². The summed E-state index contributed by atoms with van der Waals surface area (Å²) in [6.45, 7) is 7.50. The summed E-state index contributed by atoms with van der Waals surface area (Å²) in [7, 11) is 3.53. The van der Waals surface area contributed by atoms with Gasteiger partial charge in [0, 0.05) is 59.1 Å². The average Bonchev–Trinajstić information content (AvgIpc) is 2.74. The molecule has 7 nitrogen and oxygen atoms in total. The highest BCUT2D eigenvalue weighted by Crippen LogP contribution is 2.18. The van der Waals surface area contributed by atoms with E-state index in [1.165, 1.54) is 17.7 Å². The molecule has 0 aromatic heterocycles. The Morgan fingerprint density at radius 3 is 2.69 bits per heavy atom. The topological polar surface area (TPSA) is 60.4 Å². The number of aryl methyl sites for hydroxylation is 1. The van der Waals surface area contributed by atoms with Gasteiger partial charge < -0.3 is 24.8 Å². The maximum Gasteiger partial charge on any atom is 0.243 e. The Kier molecular flexibility index (Phi) is 7.75. The minimum absolute atomic E-state index is 0.0108. The Morgan fingerprint density at radius 2 is 2.03 bits per heavy atom. The van der Waals surface area contributed by atoms with Crippen LogP contribution in [0.25, 0.3) is 0 Å². The lowest BCUT2D eigenvalue weighted by molar-refractivity contribution is -0.127. The van der Waals surface area contributed by atoms with Crippen molar-refractivity contribution in [3.63, 3.8) is 0 Å². The number of anilines is 1. The number of likely N-dealkylation sites (N-methyl/N-ethyl adjacent to an activating group) is 1. The molecule has 0 bridgehead atoms. The van der Waals surface area contributed by atoms with Crippen LogP contribution in [0.5, 0.6) is 0 Å². The Bertz CT molecular complexity index is 692. The number of hydrogen-bond acceptors (Lipinski definition) is 4. The largest absolute Gasteiger partial charge is 0.376 e. The molecule has 2 aliphatic rings. The molecule has 1 unspecified atom stereocenters. The molecule has 0 saturated carbocycles. The van der Waals surface area contributed by atoms with Gasteiger partial charge in [-0.3, -0.25) is 4.79 Å². The van der Waals surface area contributed by atoms with Crippen molar-refractivity contribution in [3.8, 4) is 0 Å². The van der Waals surface area contributed by atoms with Crippen LogP contribution in [0.1, 0.15) is 24.8 Å². The molecule has 1 amide bonds. The van der Waals surface area contributed by atoms with E-state index in [1.54, 1.807) is 19.0 Å². The number of aliphatic imine (C=N–C) groups is 1. The predicted molar refractivity (Wildman–Crippen MR) is 118 cm³/mol. The molecule has 2 aliphatic heterocycles. The van der Waals surface area contributed by atoms with Gasteiger partial charge in [0.15, 0.2) is 5.96 Å². The number of carbonyl (C=O) groups excluding carboxylic acids is 1. The number of piperazine rings is 1. The highest BCUT2D eigenvalue weighted by atomic mass is 16.5. The van der Waals surface area contributed by atoms with Gasteiger partial charge in [0.1, 0.15) is 6.54 Å². The van der Waals surface area contributed by atoms with Gasteiger partial charge in [0.2, 0.25) is 5.91 Å². The quantitative estimate of drug-likeness (QED) is 0.601. The molecule has 2 heterocycles. The van der Waals surface area contributed by atoms with Crippen LogP contribution in [0.3, 0.4) is 0 Å². The second-order valence-electron chi connectivity index (χ2n) is 8.11. The summed E-state index contributed by atoms with van der Waals surface area (Å²) in [4.78, 5) is 22.9. The summed E-state index contributed by atoms with van der Waals surface area (Å²) >= 11 is 0. The van der Waals surface area contributed by atoms with Gasteiger partial charge in [-0.15, -0.1) is 0 Å². The summed E-state index contributed by atoms with van der Waals surface area (Å²) in [5.41, 5.74) is 2.55. The van der Waals surface area contributed by atoms with Crippen LogP contribution >= 0.6 is 0 Å². The van der Waals surface area contributed by atoms with Gasteiger partial charge in [0.05, 0.1) is 6.10 Å². The van der Waals surface area contributed by atoms with E-state index >= 15 is 0 Å². The van der Waals surface area contributed by atoms with Crippen molar-refractivity contribution in [3.05, 3.63) is 29.8 Å². The molecule has 7 heteroatoms. The molecular formula is C22H35N5O2. The number of ether oxygens (including phenoxy) is 1. The van der Waals surface area contributed by atoms with E-state index in [0.29, 0.717) is 0 Å². The maximum absolute atomic E-state index is 12.0. The lowest BCUT2D eigenvalue weighted by atomic mass is 10.1. The Balaban J connectivity index is 1.60. The van der Waals surface area contributed by atoms with Crippen LogP contribution in [0.2, 0.25) is 0 Å². The van der Waals surface area contributed by atoms with Crippen LogP contribution in [0.4, 0.5) is 5.69 Å².